The minimum atomic E-state index is -0.0746. The van der Waals surface area contributed by atoms with E-state index in [1.807, 2.05) is 44.2 Å². The fourth-order valence-corrected chi connectivity index (χ4v) is 3.32. The molecule has 1 unspecified atom stereocenters. The molecule has 0 bridgehead atoms. The Bertz CT molecular complexity index is 934. The van der Waals surface area contributed by atoms with E-state index in [1.165, 1.54) is 5.56 Å². The van der Waals surface area contributed by atoms with Crippen LogP contribution in [0.5, 0.6) is 0 Å². The van der Waals surface area contributed by atoms with Crippen LogP contribution >= 0.6 is 11.6 Å². The predicted molar refractivity (Wildman–Crippen MR) is 113 cm³/mol. The molecule has 1 atom stereocenters. The number of hydrogen-bond donors (Lipinski definition) is 2. The zero-order valence-electron chi connectivity index (χ0n) is 16.3. The van der Waals surface area contributed by atoms with Gasteiger partial charge in [0.2, 0.25) is 5.91 Å². The standard InChI is InChI=1S/C22H24ClN3O2/c1-14(17-7-5-4-6-8-17)24-21-11-9-18(13-20(21)23)25-22(27)12-10-19-15(2)26-28-16(19)3/h4-9,11,13-14,24H,10,12H2,1-3H3,(H,25,27). The van der Waals surface area contributed by atoms with E-state index in [2.05, 4.69) is 34.8 Å². The van der Waals surface area contributed by atoms with Crippen molar-refractivity contribution in [2.75, 3.05) is 10.6 Å². The monoisotopic (exact) mass is 397 g/mol. The molecule has 0 aliphatic carbocycles. The molecule has 0 aliphatic heterocycles. The van der Waals surface area contributed by atoms with Crippen LogP contribution in [0.4, 0.5) is 11.4 Å². The normalized spacial score (nSPS) is 11.9. The number of anilines is 2. The number of halogens is 1. The predicted octanol–water partition coefficient (Wildman–Crippen LogP) is 5.69. The number of nitrogens with zero attached hydrogens (tertiary/aromatic N) is 1. The van der Waals surface area contributed by atoms with Crippen molar-refractivity contribution in [1.29, 1.82) is 0 Å². The molecule has 0 saturated carbocycles. The SMILES string of the molecule is Cc1noc(C)c1CCC(=O)Nc1ccc(NC(C)c2ccccc2)c(Cl)c1. The minimum absolute atomic E-state index is 0.0746. The highest BCUT2D eigenvalue weighted by atomic mass is 35.5. The van der Waals surface area contributed by atoms with Gasteiger partial charge >= 0.3 is 0 Å². The fourth-order valence-electron chi connectivity index (χ4n) is 3.09. The lowest BCUT2D eigenvalue weighted by molar-refractivity contribution is -0.116. The highest BCUT2D eigenvalue weighted by molar-refractivity contribution is 6.33. The first-order valence-electron chi connectivity index (χ1n) is 9.26. The van der Waals surface area contributed by atoms with E-state index in [4.69, 9.17) is 16.1 Å². The lowest BCUT2D eigenvalue weighted by Crippen LogP contribution is -2.13. The maximum absolute atomic E-state index is 12.3. The van der Waals surface area contributed by atoms with Crippen LogP contribution in [-0.2, 0) is 11.2 Å². The van der Waals surface area contributed by atoms with Gasteiger partial charge in [0.15, 0.2) is 0 Å². The molecular formula is C22H24ClN3O2. The van der Waals surface area contributed by atoms with Crippen molar-refractivity contribution in [3.05, 3.63) is 76.1 Å². The van der Waals surface area contributed by atoms with E-state index in [0.29, 0.717) is 23.6 Å². The Labute approximate surface area is 170 Å². The number of aromatic nitrogens is 1. The van der Waals surface area contributed by atoms with Crippen LogP contribution in [0, 0.1) is 13.8 Å². The molecule has 0 saturated heterocycles. The van der Waals surface area contributed by atoms with Gasteiger partial charge in [0, 0.05) is 23.7 Å². The Hall–Kier alpha value is -2.79. The second-order valence-corrected chi connectivity index (χ2v) is 7.23. The van der Waals surface area contributed by atoms with Gasteiger partial charge in [-0.1, -0.05) is 47.1 Å². The Kier molecular flexibility index (Phi) is 6.37. The molecule has 2 aromatic carbocycles. The van der Waals surface area contributed by atoms with Gasteiger partial charge in [-0.05, 0) is 51.0 Å². The van der Waals surface area contributed by atoms with E-state index < -0.39 is 0 Å². The lowest BCUT2D eigenvalue weighted by atomic mass is 10.1. The Balaban J connectivity index is 1.58. The molecule has 1 amide bonds. The zero-order valence-corrected chi connectivity index (χ0v) is 17.0. The summed E-state index contributed by atoms with van der Waals surface area (Å²) in [6.07, 6.45) is 0.945. The van der Waals surface area contributed by atoms with Gasteiger partial charge in [-0.2, -0.15) is 0 Å². The molecule has 6 heteroatoms. The molecule has 146 valence electrons. The van der Waals surface area contributed by atoms with E-state index in [1.54, 1.807) is 6.07 Å². The molecule has 3 rings (SSSR count). The first-order valence-corrected chi connectivity index (χ1v) is 9.64. The highest BCUT2D eigenvalue weighted by Gasteiger charge is 2.12. The summed E-state index contributed by atoms with van der Waals surface area (Å²) in [5.74, 6) is 0.686. The third-order valence-corrected chi connectivity index (χ3v) is 5.02. The molecule has 0 fully saturated rings. The van der Waals surface area contributed by atoms with Crippen LogP contribution in [-0.4, -0.2) is 11.1 Å². The van der Waals surface area contributed by atoms with Crippen molar-refractivity contribution in [3.63, 3.8) is 0 Å². The van der Waals surface area contributed by atoms with Gasteiger partial charge in [0.05, 0.1) is 16.4 Å². The summed E-state index contributed by atoms with van der Waals surface area (Å²) in [4.78, 5) is 12.3. The summed E-state index contributed by atoms with van der Waals surface area (Å²) in [5.41, 5.74) is 4.49. The number of nitrogens with one attached hydrogen (secondary N) is 2. The molecule has 1 heterocycles. The second kappa shape index (κ2) is 8.93. The van der Waals surface area contributed by atoms with Crippen LogP contribution in [0.15, 0.2) is 53.1 Å². The molecule has 0 radical (unpaired) electrons. The van der Waals surface area contributed by atoms with Crippen molar-refractivity contribution < 1.29 is 9.32 Å². The summed E-state index contributed by atoms with van der Waals surface area (Å²) in [6.45, 7) is 5.82. The van der Waals surface area contributed by atoms with Crippen LogP contribution in [0.1, 0.15) is 42.0 Å². The van der Waals surface area contributed by atoms with Crippen LogP contribution in [0.2, 0.25) is 5.02 Å². The van der Waals surface area contributed by atoms with Gasteiger partial charge < -0.3 is 15.2 Å². The first kappa shape index (κ1) is 20.0. The molecular weight excluding hydrogens is 374 g/mol. The number of amides is 1. The summed E-state index contributed by atoms with van der Waals surface area (Å²) in [5, 5.41) is 10.8. The highest BCUT2D eigenvalue weighted by Crippen LogP contribution is 2.29. The number of aryl methyl sites for hydroxylation is 2. The smallest absolute Gasteiger partial charge is 0.224 e. The van der Waals surface area contributed by atoms with Crippen molar-refractivity contribution >= 4 is 28.9 Å². The summed E-state index contributed by atoms with van der Waals surface area (Å²) in [7, 11) is 0. The number of rotatable bonds is 7. The van der Waals surface area contributed by atoms with Crippen molar-refractivity contribution in [2.45, 2.75) is 39.7 Å². The number of carbonyl (C=O) groups excluding carboxylic acids is 1. The second-order valence-electron chi connectivity index (χ2n) is 6.82. The molecule has 0 spiro atoms. The van der Waals surface area contributed by atoms with Gasteiger partial charge in [-0.25, -0.2) is 0 Å². The maximum atomic E-state index is 12.3. The summed E-state index contributed by atoms with van der Waals surface area (Å²) >= 11 is 6.41. The molecule has 28 heavy (non-hydrogen) atoms. The van der Waals surface area contributed by atoms with E-state index in [9.17, 15) is 4.79 Å². The third-order valence-electron chi connectivity index (χ3n) is 4.71. The average Bonchev–Trinajstić information content (AvgIpc) is 3.00. The first-order chi connectivity index (χ1) is 13.4. The fraction of sp³-hybridized carbons (Fsp3) is 0.273. The van der Waals surface area contributed by atoms with E-state index in [0.717, 1.165) is 22.7 Å². The molecule has 5 nitrogen and oxygen atoms in total. The third kappa shape index (κ3) is 4.93. The van der Waals surface area contributed by atoms with Gasteiger partial charge in [-0.15, -0.1) is 0 Å². The molecule has 2 N–H and O–H groups in total. The summed E-state index contributed by atoms with van der Waals surface area (Å²) < 4.78 is 5.13. The molecule has 1 aromatic heterocycles. The number of benzene rings is 2. The van der Waals surface area contributed by atoms with E-state index >= 15 is 0 Å². The van der Waals surface area contributed by atoms with Crippen molar-refractivity contribution in [2.24, 2.45) is 0 Å². The number of hydrogen-bond acceptors (Lipinski definition) is 4. The Morgan fingerprint density at radius 2 is 1.93 bits per heavy atom. The average molecular weight is 398 g/mol. The van der Waals surface area contributed by atoms with Crippen LogP contribution < -0.4 is 10.6 Å². The van der Waals surface area contributed by atoms with Crippen molar-refractivity contribution in [3.8, 4) is 0 Å². The minimum Gasteiger partial charge on any atom is -0.377 e. The van der Waals surface area contributed by atoms with E-state index in [-0.39, 0.29) is 11.9 Å². The Morgan fingerprint density at radius 3 is 2.57 bits per heavy atom. The van der Waals surface area contributed by atoms with Crippen LogP contribution in [0.25, 0.3) is 0 Å². The number of carbonyl (C=O) groups is 1. The maximum Gasteiger partial charge on any atom is 0.224 e. The topological polar surface area (TPSA) is 67.2 Å². The van der Waals surface area contributed by atoms with Crippen molar-refractivity contribution in [1.82, 2.24) is 5.16 Å². The summed E-state index contributed by atoms with van der Waals surface area (Å²) in [6, 6.07) is 15.8. The molecule has 3 aromatic rings. The lowest BCUT2D eigenvalue weighted by Gasteiger charge is -2.17. The molecule has 0 aliphatic rings. The van der Waals surface area contributed by atoms with Crippen LogP contribution in [0.3, 0.4) is 0 Å². The van der Waals surface area contributed by atoms with Gasteiger partial charge in [0.1, 0.15) is 5.76 Å². The Morgan fingerprint density at radius 1 is 1.18 bits per heavy atom. The largest absolute Gasteiger partial charge is 0.377 e. The van der Waals surface area contributed by atoms with Gasteiger partial charge in [0.25, 0.3) is 0 Å². The zero-order chi connectivity index (χ0) is 20.1. The quantitative estimate of drug-likeness (QED) is 0.537. The van der Waals surface area contributed by atoms with Gasteiger partial charge in [-0.3, -0.25) is 4.79 Å².